The summed E-state index contributed by atoms with van der Waals surface area (Å²) in [6.45, 7) is 1.68. The summed E-state index contributed by atoms with van der Waals surface area (Å²) in [5.41, 5.74) is 0.779. The van der Waals surface area contributed by atoms with Crippen LogP contribution < -0.4 is 15.4 Å². The maximum Gasteiger partial charge on any atom is 0.254 e. The quantitative estimate of drug-likeness (QED) is 0.802. The average Bonchev–Trinajstić information content (AvgIpc) is 2.70. The monoisotopic (exact) mass is 385 g/mol. The molecule has 0 aromatic heterocycles. The molecular weight excluding hydrogens is 361 g/mol. The highest BCUT2D eigenvalue weighted by Gasteiger charge is 2.23. The molecule has 0 aliphatic carbocycles. The maximum absolute atomic E-state index is 13.7. The fourth-order valence-corrected chi connectivity index (χ4v) is 3.22. The van der Waals surface area contributed by atoms with E-state index in [-0.39, 0.29) is 17.5 Å². The molecule has 1 aliphatic rings. The normalized spacial score (nSPS) is 15.1. The van der Waals surface area contributed by atoms with Crippen molar-refractivity contribution in [2.45, 2.75) is 18.9 Å². The van der Waals surface area contributed by atoms with E-state index < -0.39 is 11.7 Å². The third kappa shape index (κ3) is 5.29. The van der Waals surface area contributed by atoms with Gasteiger partial charge in [0.15, 0.2) is 0 Å². The molecule has 1 saturated heterocycles. The molecule has 1 fully saturated rings. The van der Waals surface area contributed by atoms with Gasteiger partial charge in [-0.3, -0.25) is 14.5 Å². The molecule has 0 saturated carbocycles. The number of benzene rings is 2. The zero-order chi connectivity index (χ0) is 19.9. The predicted octanol–water partition coefficient (Wildman–Crippen LogP) is 2.67. The molecule has 1 aliphatic heterocycles. The van der Waals surface area contributed by atoms with Gasteiger partial charge in [0.1, 0.15) is 11.6 Å². The van der Waals surface area contributed by atoms with E-state index in [0.29, 0.717) is 19.6 Å². The van der Waals surface area contributed by atoms with Crippen molar-refractivity contribution in [3.63, 3.8) is 0 Å². The topological polar surface area (TPSA) is 70.7 Å². The van der Waals surface area contributed by atoms with Gasteiger partial charge in [0.25, 0.3) is 5.91 Å². The average molecular weight is 385 g/mol. The van der Waals surface area contributed by atoms with Crippen LogP contribution in [0, 0.1) is 5.82 Å². The number of ether oxygens (including phenoxy) is 1. The molecule has 2 N–H and O–H groups in total. The summed E-state index contributed by atoms with van der Waals surface area (Å²) in [5.74, 6) is -0.266. The van der Waals surface area contributed by atoms with Crippen LogP contribution >= 0.6 is 0 Å². The first-order valence-corrected chi connectivity index (χ1v) is 9.27. The van der Waals surface area contributed by atoms with E-state index >= 15 is 0 Å². The minimum absolute atomic E-state index is 0.0204. The van der Waals surface area contributed by atoms with Crippen LogP contribution in [0.15, 0.2) is 48.5 Å². The van der Waals surface area contributed by atoms with Gasteiger partial charge in [-0.05, 0) is 49.2 Å². The van der Waals surface area contributed by atoms with Crippen LogP contribution in [-0.2, 0) is 4.79 Å². The zero-order valence-electron chi connectivity index (χ0n) is 15.8. The highest BCUT2D eigenvalue weighted by molar-refractivity contribution is 5.94. The minimum Gasteiger partial charge on any atom is -0.497 e. The van der Waals surface area contributed by atoms with Gasteiger partial charge in [0, 0.05) is 24.8 Å². The van der Waals surface area contributed by atoms with Crippen molar-refractivity contribution in [3.05, 3.63) is 59.9 Å². The van der Waals surface area contributed by atoms with Gasteiger partial charge in [-0.15, -0.1) is 0 Å². The fraction of sp³-hybridized carbons (Fsp3) is 0.333. The molecule has 0 bridgehead atoms. The number of methoxy groups -OCH3 is 1. The molecule has 3 rings (SSSR count). The van der Waals surface area contributed by atoms with Crippen LogP contribution in [0.3, 0.4) is 0 Å². The number of nitrogens with zero attached hydrogens (tertiary/aromatic N) is 1. The zero-order valence-corrected chi connectivity index (χ0v) is 15.8. The van der Waals surface area contributed by atoms with Crippen molar-refractivity contribution in [2.75, 3.05) is 32.1 Å². The maximum atomic E-state index is 13.7. The smallest absolute Gasteiger partial charge is 0.254 e. The van der Waals surface area contributed by atoms with E-state index in [0.717, 1.165) is 24.3 Å². The summed E-state index contributed by atoms with van der Waals surface area (Å²) in [6, 6.07) is 13.1. The lowest BCUT2D eigenvalue weighted by Gasteiger charge is -2.31. The Labute approximate surface area is 163 Å². The number of amides is 2. The Kier molecular flexibility index (Phi) is 6.60. The van der Waals surface area contributed by atoms with Gasteiger partial charge < -0.3 is 15.4 Å². The summed E-state index contributed by atoms with van der Waals surface area (Å²) in [6.07, 6.45) is 1.44. The van der Waals surface area contributed by atoms with Crippen molar-refractivity contribution < 1.29 is 18.7 Å². The first-order valence-electron chi connectivity index (χ1n) is 9.27. The molecular formula is C21H24FN3O3. The van der Waals surface area contributed by atoms with Crippen molar-refractivity contribution in [1.29, 1.82) is 0 Å². The molecule has 0 radical (unpaired) electrons. The standard InChI is InChI=1S/C21H24FN3O3/c1-28-17-8-6-15(7-9-17)23-20(26)14-25-12-10-16(11-13-25)24-21(27)18-4-2-3-5-19(18)22/h2-9,16H,10-14H2,1H3,(H,23,26)(H,24,27). The number of hydrogen-bond donors (Lipinski definition) is 2. The molecule has 2 aromatic rings. The summed E-state index contributed by atoms with van der Waals surface area (Å²) in [4.78, 5) is 26.5. The van der Waals surface area contributed by atoms with E-state index in [1.54, 1.807) is 43.5 Å². The van der Waals surface area contributed by atoms with Crippen LogP contribution in [0.25, 0.3) is 0 Å². The largest absolute Gasteiger partial charge is 0.497 e. The van der Waals surface area contributed by atoms with Gasteiger partial charge in [0.05, 0.1) is 19.2 Å². The van der Waals surface area contributed by atoms with Gasteiger partial charge in [0.2, 0.25) is 5.91 Å². The van der Waals surface area contributed by atoms with Gasteiger partial charge in [-0.2, -0.15) is 0 Å². The molecule has 2 aromatic carbocycles. The van der Waals surface area contributed by atoms with Crippen LogP contribution in [0.2, 0.25) is 0 Å². The Morgan fingerprint density at radius 1 is 1.11 bits per heavy atom. The first-order chi connectivity index (χ1) is 13.5. The van der Waals surface area contributed by atoms with Crippen molar-refractivity contribution in [3.8, 4) is 5.75 Å². The summed E-state index contributed by atoms with van der Waals surface area (Å²) < 4.78 is 18.8. The molecule has 7 heteroatoms. The van der Waals surface area contributed by atoms with Crippen LogP contribution in [-0.4, -0.2) is 49.5 Å². The molecule has 6 nitrogen and oxygen atoms in total. The number of hydrogen-bond acceptors (Lipinski definition) is 4. The summed E-state index contributed by atoms with van der Waals surface area (Å²) in [7, 11) is 1.59. The minimum atomic E-state index is -0.521. The summed E-state index contributed by atoms with van der Waals surface area (Å²) >= 11 is 0. The van der Waals surface area contributed by atoms with E-state index in [9.17, 15) is 14.0 Å². The van der Waals surface area contributed by atoms with Crippen molar-refractivity contribution in [2.24, 2.45) is 0 Å². The number of piperidine rings is 1. The van der Waals surface area contributed by atoms with Crippen molar-refractivity contribution >= 4 is 17.5 Å². The highest BCUT2D eigenvalue weighted by atomic mass is 19.1. The number of nitrogens with one attached hydrogen (secondary N) is 2. The Morgan fingerprint density at radius 2 is 1.79 bits per heavy atom. The first kappa shape index (κ1) is 19.8. The highest BCUT2D eigenvalue weighted by Crippen LogP contribution is 2.16. The molecule has 1 heterocycles. The summed E-state index contributed by atoms with van der Waals surface area (Å²) in [5, 5.41) is 5.75. The molecule has 0 unspecified atom stereocenters. The second-order valence-electron chi connectivity index (χ2n) is 6.78. The number of likely N-dealkylation sites (tertiary alicyclic amines) is 1. The second kappa shape index (κ2) is 9.32. The SMILES string of the molecule is COc1ccc(NC(=O)CN2CCC(NC(=O)c3ccccc3F)CC2)cc1. The van der Waals surface area contributed by atoms with Gasteiger partial charge >= 0.3 is 0 Å². The number of carbonyl (C=O) groups excluding carboxylic acids is 2. The molecule has 0 spiro atoms. The van der Waals surface area contributed by atoms with Gasteiger partial charge in [-0.25, -0.2) is 4.39 Å². The number of rotatable bonds is 6. The van der Waals surface area contributed by atoms with E-state index in [2.05, 4.69) is 10.6 Å². The number of carbonyl (C=O) groups is 2. The Bertz CT molecular complexity index is 818. The third-order valence-corrected chi connectivity index (χ3v) is 4.78. The van der Waals surface area contributed by atoms with Gasteiger partial charge in [-0.1, -0.05) is 12.1 Å². The van der Waals surface area contributed by atoms with E-state index in [1.165, 1.54) is 12.1 Å². The van der Waals surface area contributed by atoms with Crippen molar-refractivity contribution in [1.82, 2.24) is 10.2 Å². The molecule has 28 heavy (non-hydrogen) atoms. The fourth-order valence-electron chi connectivity index (χ4n) is 3.22. The van der Waals surface area contributed by atoms with E-state index in [4.69, 9.17) is 4.74 Å². The molecule has 148 valence electrons. The molecule has 0 atom stereocenters. The molecule has 2 amide bonds. The van der Waals surface area contributed by atoms with E-state index in [1.807, 2.05) is 4.90 Å². The lowest BCUT2D eigenvalue weighted by atomic mass is 10.0. The third-order valence-electron chi connectivity index (χ3n) is 4.78. The predicted molar refractivity (Wildman–Crippen MR) is 105 cm³/mol. The Balaban J connectivity index is 1.42. The van der Waals surface area contributed by atoms with Crippen LogP contribution in [0.5, 0.6) is 5.75 Å². The lowest BCUT2D eigenvalue weighted by Crippen LogP contribution is -2.46. The second-order valence-corrected chi connectivity index (χ2v) is 6.78. The van der Waals surface area contributed by atoms with Crippen LogP contribution in [0.1, 0.15) is 23.2 Å². The Hall–Kier alpha value is -2.93. The Morgan fingerprint density at radius 3 is 2.43 bits per heavy atom. The number of anilines is 1. The van der Waals surface area contributed by atoms with Crippen LogP contribution in [0.4, 0.5) is 10.1 Å². The number of halogens is 1. The lowest BCUT2D eigenvalue weighted by molar-refractivity contribution is -0.117.